The first-order valence-corrected chi connectivity index (χ1v) is 9.31. The molecule has 0 spiro atoms. The van der Waals surface area contributed by atoms with Crippen LogP contribution in [0.15, 0.2) is 30.4 Å². The minimum absolute atomic E-state index is 0.241. The molecule has 1 aliphatic rings. The van der Waals surface area contributed by atoms with Crippen LogP contribution < -0.4 is 4.74 Å². The van der Waals surface area contributed by atoms with Crippen LogP contribution in [0.4, 0.5) is 4.39 Å². The molecule has 0 heterocycles. The molecule has 2 atom stereocenters. The zero-order valence-electron chi connectivity index (χ0n) is 10.2. The van der Waals surface area contributed by atoms with Crippen molar-refractivity contribution in [2.45, 2.75) is 29.1 Å². The van der Waals surface area contributed by atoms with E-state index >= 15 is 0 Å². The van der Waals surface area contributed by atoms with Crippen molar-refractivity contribution in [1.29, 1.82) is 0 Å². The van der Waals surface area contributed by atoms with Gasteiger partial charge in [-0.1, -0.05) is 0 Å². The molecule has 17 heavy (non-hydrogen) atoms. The Balaban J connectivity index is 2.17. The molecule has 0 saturated carbocycles. The number of ether oxygens (including phenoxy) is 1. The van der Waals surface area contributed by atoms with Gasteiger partial charge in [0, 0.05) is 0 Å². The Morgan fingerprint density at radius 2 is 2.18 bits per heavy atom. The van der Waals surface area contributed by atoms with Crippen LogP contribution in [-0.4, -0.2) is 6.61 Å². The molecule has 2 unspecified atom stereocenters. The van der Waals surface area contributed by atoms with Crippen molar-refractivity contribution in [1.82, 2.24) is 0 Å². The summed E-state index contributed by atoms with van der Waals surface area (Å²) in [7, 11) is 0. The second kappa shape index (κ2) is 5.99. The van der Waals surface area contributed by atoms with Crippen LogP contribution in [-0.2, 0) is 26.1 Å². The number of hydrogen-bond acceptors (Lipinski definition) is 1. The molecule has 3 heteroatoms. The molecule has 0 aliphatic heterocycles. The van der Waals surface area contributed by atoms with Crippen molar-refractivity contribution in [3.8, 4) is 5.75 Å². The normalized spacial score (nSPS) is 23.8. The van der Waals surface area contributed by atoms with Gasteiger partial charge in [-0.15, -0.1) is 0 Å². The third-order valence-electron chi connectivity index (χ3n) is 3.15. The van der Waals surface area contributed by atoms with Crippen molar-refractivity contribution in [2.24, 2.45) is 0 Å². The van der Waals surface area contributed by atoms with Crippen LogP contribution in [0.2, 0.25) is 3.43 Å². The molecule has 2 rings (SSSR count). The summed E-state index contributed by atoms with van der Waals surface area (Å²) in [5.41, 5.74) is 1.07. The molecule has 1 aliphatic carbocycles. The van der Waals surface area contributed by atoms with Crippen LogP contribution >= 0.6 is 0 Å². The molecule has 0 bridgehead atoms. The van der Waals surface area contributed by atoms with Crippen LogP contribution in [0.3, 0.4) is 0 Å². The van der Waals surface area contributed by atoms with Gasteiger partial charge < -0.3 is 0 Å². The van der Waals surface area contributed by atoms with Crippen molar-refractivity contribution >= 4 is 0 Å². The molecule has 87 valence electrons. The van der Waals surface area contributed by atoms with Crippen molar-refractivity contribution in [2.75, 3.05) is 6.61 Å². The Kier molecular flexibility index (Phi) is 4.60. The molecule has 0 amide bonds. The maximum atomic E-state index is 13.7. The number of halogens is 1. The van der Waals surface area contributed by atoms with E-state index in [2.05, 4.69) is 12.2 Å². The minimum atomic E-state index is -0.241. The van der Waals surface area contributed by atoms with Crippen molar-refractivity contribution < 1.29 is 35.2 Å². The maximum absolute atomic E-state index is 13.7. The summed E-state index contributed by atoms with van der Waals surface area (Å²) in [5, 5.41) is 0. The van der Waals surface area contributed by atoms with Gasteiger partial charge >= 0.3 is 118 Å². The molecule has 1 aromatic rings. The van der Waals surface area contributed by atoms with E-state index in [1.54, 1.807) is 12.1 Å². The third kappa shape index (κ3) is 3.31. The zero-order chi connectivity index (χ0) is 12.3. The van der Waals surface area contributed by atoms with Crippen LogP contribution in [0, 0.1) is 5.82 Å². The van der Waals surface area contributed by atoms with Crippen LogP contribution in [0.25, 0.3) is 0 Å². The molecule has 0 N–H and O–H groups in total. The van der Waals surface area contributed by atoms with Gasteiger partial charge in [0.15, 0.2) is 0 Å². The number of rotatable bonds is 3. The number of hydrogen-bond donors (Lipinski definition) is 0. The topological polar surface area (TPSA) is 9.23 Å². The molecular formula is C14H16FHgO. The molecule has 0 fully saturated rings. The van der Waals surface area contributed by atoms with Crippen LogP contribution in [0.5, 0.6) is 5.75 Å². The molecule has 0 saturated heterocycles. The Labute approximate surface area is 118 Å². The first kappa shape index (κ1) is 13.1. The van der Waals surface area contributed by atoms with Gasteiger partial charge in [0.1, 0.15) is 0 Å². The Morgan fingerprint density at radius 3 is 2.76 bits per heavy atom. The molecule has 0 aromatic heterocycles. The Bertz CT molecular complexity index is 417. The molecule has 0 radical (unpaired) electrons. The predicted molar refractivity (Wildman–Crippen MR) is 62.4 cm³/mol. The SMILES string of the molecule is CCOc1ccc(C2C=C[CH]([Hg])CC2)cc1F. The van der Waals surface area contributed by atoms with E-state index in [-0.39, 0.29) is 5.82 Å². The Morgan fingerprint density at radius 1 is 1.35 bits per heavy atom. The van der Waals surface area contributed by atoms with Gasteiger partial charge in [0.2, 0.25) is 0 Å². The summed E-state index contributed by atoms with van der Waals surface area (Å²) in [6, 6.07) is 5.36. The third-order valence-corrected chi connectivity index (χ3v) is 5.79. The summed E-state index contributed by atoms with van der Waals surface area (Å²) >= 11 is 0.824. The van der Waals surface area contributed by atoms with Gasteiger partial charge in [-0.25, -0.2) is 0 Å². The van der Waals surface area contributed by atoms with Gasteiger partial charge in [-0.05, 0) is 0 Å². The fourth-order valence-electron chi connectivity index (χ4n) is 2.18. The van der Waals surface area contributed by atoms with E-state index in [1.165, 1.54) is 6.42 Å². The molecule has 1 aromatic carbocycles. The second-order valence-corrected chi connectivity index (χ2v) is 8.53. The van der Waals surface area contributed by atoms with E-state index in [0.717, 1.165) is 41.5 Å². The second-order valence-electron chi connectivity index (χ2n) is 4.45. The van der Waals surface area contributed by atoms with Gasteiger partial charge in [0.05, 0.1) is 0 Å². The van der Waals surface area contributed by atoms with Gasteiger partial charge in [-0.2, -0.15) is 0 Å². The standard InChI is InChI=1S/C14H16FO.Hg/c1-2-16-14-9-8-12(10-13(14)15)11-6-4-3-5-7-11;/h3-4,6,8-11H,2,5,7H2,1H3;. The summed E-state index contributed by atoms with van der Waals surface area (Å²) in [5.74, 6) is 0.509. The van der Waals surface area contributed by atoms with Gasteiger partial charge in [0.25, 0.3) is 0 Å². The molecular weight excluding hydrogens is 404 g/mol. The average Bonchev–Trinajstić information content (AvgIpc) is 2.33. The van der Waals surface area contributed by atoms with E-state index in [4.69, 9.17) is 4.74 Å². The summed E-state index contributed by atoms with van der Waals surface area (Å²) < 4.78 is 19.8. The van der Waals surface area contributed by atoms with E-state index < -0.39 is 0 Å². The Hall–Kier alpha value is -0.375. The average molecular weight is 420 g/mol. The number of allylic oxidation sites excluding steroid dienone is 2. The quantitative estimate of drug-likeness (QED) is 0.531. The van der Waals surface area contributed by atoms with Gasteiger partial charge in [-0.3, -0.25) is 0 Å². The van der Waals surface area contributed by atoms with E-state index in [0.29, 0.717) is 18.3 Å². The van der Waals surface area contributed by atoms with Crippen LogP contribution in [0.1, 0.15) is 31.2 Å². The predicted octanol–water partition coefficient (Wildman–Crippen LogP) is 3.99. The summed E-state index contributed by atoms with van der Waals surface area (Å²) in [6.45, 7) is 2.37. The molecule has 1 nitrogen and oxygen atoms in total. The van der Waals surface area contributed by atoms with E-state index in [9.17, 15) is 4.39 Å². The van der Waals surface area contributed by atoms with Crippen molar-refractivity contribution in [3.63, 3.8) is 0 Å². The monoisotopic (exact) mass is 421 g/mol. The fraction of sp³-hybridized carbons (Fsp3) is 0.429. The first-order valence-electron chi connectivity index (χ1n) is 6.14. The van der Waals surface area contributed by atoms with Crippen molar-refractivity contribution in [3.05, 3.63) is 41.7 Å². The zero-order valence-corrected chi connectivity index (χ0v) is 15.7. The first-order chi connectivity index (χ1) is 8.20. The summed E-state index contributed by atoms with van der Waals surface area (Å²) in [6.07, 6.45) is 6.97. The number of benzene rings is 1. The fourth-order valence-corrected chi connectivity index (χ4v) is 3.70. The summed E-state index contributed by atoms with van der Waals surface area (Å²) in [4.78, 5) is 0. The van der Waals surface area contributed by atoms with E-state index in [1.807, 2.05) is 13.0 Å².